The van der Waals surface area contributed by atoms with E-state index in [1.165, 1.54) is 0 Å². The average Bonchev–Trinajstić information content (AvgIpc) is 2.70. The van der Waals surface area contributed by atoms with E-state index in [0.717, 1.165) is 37.1 Å². The standard InChI is InChI=1S/C22H28N4O2/c1-15-8-12-26(13-9-15)21(27)19-4-5-20(16(2)14-19)25-22(28)24-17(3)18-6-10-23-11-7-18/h4-7,10-11,14-15,17H,8-9,12-13H2,1-3H3,(H2,24,25,28). The van der Waals surface area contributed by atoms with Gasteiger partial charge in [0.2, 0.25) is 0 Å². The van der Waals surface area contributed by atoms with E-state index in [1.807, 2.05) is 36.9 Å². The maximum atomic E-state index is 12.7. The van der Waals surface area contributed by atoms with E-state index in [9.17, 15) is 9.59 Å². The van der Waals surface area contributed by atoms with E-state index in [2.05, 4.69) is 22.5 Å². The van der Waals surface area contributed by atoms with Crippen LogP contribution in [0.5, 0.6) is 0 Å². The molecule has 1 aliphatic heterocycles. The Morgan fingerprint density at radius 2 is 1.82 bits per heavy atom. The lowest BCUT2D eigenvalue weighted by Crippen LogP contribution is -2.38. The first-order valence-corrected chi connectivity index (χ1v) is 9.81. The molecule has 2 N–H and O–H groups in total. The molecular weight excluding hydrogens is 352 g/mol. The van der Waals surface area contributed by atoms with Gasteiger partial charge in [-0.1, -0.05) is 6.92 Å². The van der Waals surface area contributed by atoms with Crippen molar-refractivity contribution in [3.63, 3.8) is 0 Å². The minimum atomic E-state index is -0.281. The summed E-state index contributed by atoms with van der Waals surface area (Å²) in [6.45, 7) is 7.68. The third-order valence-electron chi connectivity index (χ3n) is 5.35. The summed E-state index contributed by atoms with van der Waals surface area (Å²) < 4.78 is 0. The minimum Gasteiger partial charge on any atom is -0.339 e. The number of urea groups is 1. The van der Waals surface area contributed by atoms with Gasteiger partial charge < -0.3 is 15.5 Å². The van der Waals surface area contributed by atoms with Crippen LogP contribution < -0.4 is 10.6 Å². The molecule has 1 aliphatic rings. The van der Waals surface area contributed by atoms with Gasteiger partial charge >= 0.3 is 6.03 Å². The van der Waals surface area contributed by atoms with Gasteiger partial charge in [-0.3, -0.25) is 9.78 Å². The molecule has 28 heavy (non-hydrogen) atoms. The summed E-state index contributed by atoms with van der Waals surface area (Å²) in [5, 5.41) is 5.78. The number of piperidine rings is 1. The van der Waals surface area contributed by atoms with Crippen molar-refractivity contribution in [3.8, 4) is 0 Å². The number of aromatic nitrogens is 1. The van der Waals surface area contributed by atoms with Crippen molar-refractivity contribution < 1.29 is 9.59 Å². The van der Waals surface area contributed by atoms with Crippen LogP contribution in [0.1, 0.15) is 54.2 Å². The summed E-state index contributed by atoms with van der Waals surface area (Å²) in [6, 6.07) is 8.77. The number of carbonyl (C=O) groups excluding carboxylic acids is 2. The van der Waals surface area contributed by atoms with Crippen LogP contribution in [0.15, 0.2) is 42.7 Å². The third-order valence-corrected chi connectivity index (χ3v) is 5.35. The highest BCUT2D eigenvalue weighted by Gasteiger charge is 2.22. The third kappa shape index (κ3) is 4.88. The number of pyridine rings is 1. The lowest BCUT2D eigenvalue weighted by atomic mass is 9.98. The highest BCUT2D eigenvalue weighted by atomic mass is 16.2. The Morgan fingerprint density at radius 3 is 2.46 bits per heavy atom. The van der Waals surface area contributed by atoms with Crippen molar-refractivity contribution in [2.24, 2.45) is 5.92 Å². The maximum Gasteiger partial charge on any atom is 0.319 e. The first-order valence-electron chi connectivity index (χ1n) is 9.81. The van der Waals surface area contributed by atoms with Gasteiger partial charge in [0.15, 0.2) is 0 Å². The SMILES string of the molecule is Cc1cc(C(=O)N2CCC(C)CC2)ccc1NC(=O)NC(C)c1ccncc1. The molecule has 148 valence electrons. The molecule has 6 heteroatoms. The average molecular weight is 380 g/mol. The molecule has 0 aliphatic carbocycles. The van der Waals surface area contributed by atoms with Crippen LogP contribution >= 0.6 is 0 Å². The lowest BCUT2D eigenvalue weighted by molar-refractivity contribution is 0.0697. The topological polar surface area (TPSA) is 74.3 Å². The second-order valence-electron chi connectivity index (χ2n) is 7.61. The second-order valence-corrected chi connectivity index (χ2v) is 7.61. The lowest BCUT2D eigenvalue weighted by Gasteiger charge is -2.30. The number of rotatable bonds is 4. The number of nitrogens with zero attached hydrogens (tertiary/aromatic N) is 2. The number of carbonyl (C=O) groups is 2. The highest BCUT2D eigenvalue weighted by Crippen LogP contribution is 2.21. The molecule has 1 unspecified atom stereocenters. The second kappa shape index (κ2) is 8.87. The molecule has 1 saturated heterocycles. The predicted octanol–water partition coefficient (Wildman–Crippen LogP) is 4.14. The van der Waals surface area contributed by atoms with Crippen LogP contribution in [0.4, 0.5) is 10.5 Å². The van der Waals surface area contributed by atoms with Crippen LogP contribution in [-0.2, 0) is 0 Å². The molecule has 0 saturated carbocycles. The van der Waals surface area contributed by atoms with Crippen LogP contribution in [0.25, 0.3) is 0 Å². The Labute approximate surface area is 166 Å². The van der Waals surface area contributed by atoms with Crippen molar-refractivity contribution >= 4 is 17.6 Å². The highest BCUT2D eigenvalue weighted by molar-refractivity contribution is 5.96. The zero-order valence-electron chi connectivity index (χ0n) is 16.7. The molecule has 1 aromatic carbocycles. The summed E-state index contributed by atoms with van der Waals surface area (Å²) in [5.74, 6) is 0.753. The van der Waals surface area contributed by atoms with Crippen LogP contribution in [0.2, 0.25) is 0 Å². The molecular formula is C22H28N4O2. The molecule has 1 atom stereocenters. The van der Waals surface area contributed by atoms with E-state index in [1.54, 1.807) is 24.5 Å². The first-order chi connectivity index (χ1) is 13.4. The predicted molar refractivity (Wildman–Crippen MR) is 110 cm³/mol. The van der Waals surface area contributed by atoms with Gasteiger partial charge in [0.25, 0.3) is 5.91 Å². The van der Waals surface area contributed by atoms with E-state index >= 15 is 0 Å². The Morgan fingerprint density at radius 1 is 1.14 bits per heavy atom. The minimum absolute atomic E-state index is 0.0670. The van der Waals surface area contributed by atoms with Crippen molar-refractivity contribution in [1.29, 1.82) is 0 Å². The molecule has 0 bridgehead atoms. The van der Waals surface area contributed by atoms with Gasteiger partial charge in [-0.2, -0.15) is 0 Å². The van der Waals surface area contributed by atoms with E-state index in [4.69, 9.17) is 0 Å². The summed E-state index contributed by atoms with van der Waals surface area (Å²) in [6.07, 6.45) is 5.52. The van der Waals surface area contributed by atoms with Crippen molar-refractivity contribution in [2.75, 3.05) is 18.4 Å². The Balaban J connectivity index is 1.61. The van der Waals surface area contributed by atoms with Crippen LogP contribution in [0.3, 0.4) is 0 Å². The molecule has 0 spiro atoms. The quantitative estimate of drug-likeness (QED) is 0.837. The van der Waals surface area contributed by atoms with Crippen molar-refractivity contribution in [3.05, 3.63) is 59.4 Å². The number of likely N-dealkylation sites (tertiary alicyclic amines) is 1. The summed E-state index contributed by atoms with van der Waals surface area (Å²) in [7, 11) is 0. The van der Waals surface area contributed by atoms with E-state index in [0.29, 0.717) is 17.2 Å². The molecule has 6 nitrogen and oxygen atoms in total. The molecule has 2 aromatic rings. The normalized spacial score (nSPS) is 15.8. The fourth-order valence-electron chi connectivity index (χ4n) is 3.42. The monoisotopic (exact) mass is 380 g/mol. The molecule has 2 heterocycles. The van der Waals surface area contributed by atoms with Gasteiger partial charge in [0.1, 0.15) is 0 Å². The van der Waals surface area contributed by atoms with Gasteiger partial charge in [-0.05, 0) is 74.1 Å². The summed E-state index contributed by atoms with van der Waals surface area (Å²) >= 11 is 0. The van der Waals surface area contributed by atoms with Crippen LogP contribution in [-0.4, -0.2) is 34.9 Å². The van der Waals surface area contributed by atoms with Gasteiger partial charge in [0.05, 0.1) is 6.04 Å². The zero-order valence-corrected chi connectivity index (χ0v) is 16.7. The number of amides is 3. The Kier molecular flexibility index (Phi) is 6.29. The molecule has 0 radical (unpaired) electrons. The number of hydrogen-bond acceptors (Lipinski definition) is 3. The van der Waals surface area contributed by atoms with Crippen LogP contribution in [0, 0.1) is 12.8 Å². The molecule has 3 rings (SSSR count). The maximum absolute atomic E-state index is 12.7. The zero-order chi connectivity index (χ0) is 20.1. The Bertz CT molecular complexity index is 830. The first kappa shape index (κ1) is 19.9. The summed E-state index contributed by atoms with van der Waals surface area (Å²) in [5.41, 5.74) is 3.22. The van der Waals surface area contributed by atoms with Crippen molar-refractivity contribution in [1.82, 2.24) is 15.2 Å². The molecule has 1 fully saturated rings. The van der Waals surface area contributed by atoms with Gasteiger partial charge in [-0.25, -0.2) is 4.79 Å². The number of hydrogen-bond donors (Lipinski definition) is 2. The van der Waals surface area contributed by atoms with Gasteiger partial charge in [0, 0.05) is 36.7 Å². The summed E-state index contributed by atoms with van der Waals surface area (Å²) in [4.78, 5) is 31.0. The fourth-order valence-corrected chi connectivity index (χ4v) is 3.42. The van der Waals surface area contributed by atoms with E-state index < -0.39 is 0 Å². The number of benzene rings is 1. The van der Waals surface area contributed by atoms with Crippen molar-refractivity contribution in [2.45, 2.75) is 39.7 Å². The molecule has 1 aromatic heterocycles. The smallest absolute Gasteiger partial charge is 0.319 e. The fraction of sp³-hybridized carbons (Fsp3) is 0.409. The number of aryl methyl sites for hydroxylation is 1. The number of nitrogens with one attached hydrogen (secondary N) is 2. The number of anilines is 1. The van der Waals surface area contributed by atoms with E-state index in [-0.39, 0.29) is 18.0 Å². The molecule has 3 amide bonds. The largest absolute Gasteiger partial charge is 0.339 e. The van der Waals surface area contributed by atoms with Gasteiger partial charge in [-0.15, -0.1) is 0 Å². The Hall–Kier alpha value is -2.89.